The van der Waals surface area contributed by atoms with Gasteiger partial charge in [-0.15, -0.1) is 0 Å². The smallest absolute Gasteiger partial charge is 0.0692 e. The van der Waals surface area contributed by atoms with E-state index in [1.807, 2.05) is 6.07 Å². The van der Waals surface area contributed by atoms with Gasteiger partial charge in [0.2, 0.25) is 0 Å². The first-order valence-electron chi connectivity index (χ1n) is 7.45. The van der Waals surface area contributed by atoms with Crippen molar-refractivity contribution in [3.63, 3.8) is 0 Å². The molecule has 0 saturated heterocycles. The van der Waals surface area contributed by atoms with Crippen LogP contribution in [0.3, 0.4) is 0 Å². The van der Waals surface area contributed by atoms with Crippen LogP contribution in [0.1, 0.15) is 50.3 Å². The van der Waals surface area contributed by atoms with Crippen LogP contribution in [-0.4, -0.2) is 17.8 Å². The maximum Gasteiger partial charge on any atom is 0.0692 e. The Morgan fingerprint density at radius 1 is 1.37 bits per heavy atom. The quantitative estimate of drug-likeness (QED) is 0.691. The Labute approximate surface area is 116 Å². The molecule has 0 aromatic heterocycles. The van der Waals surface area contributed by atoms with Crippen LogP contribution in [0.15, 0.2) is 18.2 Å². The molecule has 1 aliphatic rings. The minimum Gasteiger partial charge on any atom is -0.399 e. The lowest BCUT2D eigenvalue weighted by Crippen LogP contribution is -2.34. The highest BCUT2D eigenvalue weighted by Gasteiger charge is 2.24. The summed E-state index contributed by atoms with van der Waals surface area (Å²) in [6.07, 6.45) is 4.02. The van der Waals surface area contributed by atoms with Crippen molar-refractivity contribution in [1.82, 2.24) is 5.32 Å². The average molecular weight is 262 g/mol. The van der Waals surface area contributed by atoms with E-state index in [0.29, 0.717) is 18.5 Å². The van der Waals surface area contributed by atoms with E-state index in [1.54, 1.807) is 0 Å². The Morgan fingerprint density at radius 2 is 2.11 bits per heavy atom. The van der Waals surface area contributed by atoms with Crippen molar-refractivity contribution in [1.29, 1.82) is 0 Å². The molecule has 2 unspecified atom stereocenters. The summed E-state index contributed by atoms with van der Waals surface area (Å²) >= 11 is 0. The lowest BCUT2D eigenvalue weighted by molar-refractivity contribution is 0.0983. The highest BCUT2D eigenvalue weighted by atomic mass is 16.3. The molecule has 19 heavy (non-hydrogen) atoms. The molecular weight excluding hydrogens is 236 g/mol. The summed E-state index contributed by atoms with van der Waals surface area (Å²) in [5, 5.41) is 13.7. The minimum absolute atomic E-state index is 0.243. The molecule has 3 nitrogen and oxygen atoms in total. The third kappa shape index (κ3) is 3.28. The van der Waals surface area contributed by atoms with Gasteiger partial charge < -0.3 is 16.2 Å². The van der Waals surface area contributed by atoms with Gasteiger partial charge in [-0.05, 0) is 42.0 Å². The van der Waals surface area contributed by atoms with Gasteiger partial charge in [0, 0.05) is 18.3 Å². The van der Waals surface area contributed by atoms with Gasteiger partial charge in [-0.3, -0.25) is 0 Å². The summed E-state index contributed by atoms with van der Waals surface area (Å²) in [6, 6.07) is 6.54. The number of fused-ring (bicyclic) bond motifs is 1. The summed E-state index contributed by atoms with van der Waals surface area (Å²) in [4.78, 5) is 0. The number of nitrogens with one attached hydrogen (secondary N) is 1. The van der Waals surface area contributed by atoms with Crippen molar-refractivity contribution >= 4 is 5.69 Å². The topological polar surface area (TPSA) is 58.3 Å². The van der Waals surface area contributed by atoms with Crippen LogP contribution in [0.25, 0.3) is 0 Å². The predicted molar refractivity (Wildman–Crippen MR) is 80.0 cm³/mol. The van der Waals surface area contributed by atoms with Crippen molar-refractivity contribution in [2.45, 2.75) is 51.7 Å². The molecular formula is C16H26N2O. The van der Waals surface area contributed by atoms with E-state index in [4.69, 9.17) is 5.73 Å². The van der Waals surface area contributed by atoms with Gasteiger partial charge in [0.1, 0.15) is 0 Å². The number of aryl methyl sites for hydroxylation is 1. The van der Waals surface area contributed by atoms with Gasteiger partial charge in [-0.25, -0.2) is 0 Å². The number of hydrogen-bond donors (Lipinski definition) is 3. The fourth-order valence-electron chi connectivity index (χ4n) is 3.11. The van der Waals surface area contributed by atoms with Gasteiger partial charge in [-0.1, -0.05) is 32.8 Å². The van der Waals surface area contributed by atoms with Crippen molar-refractivity contribution in [2.75, 3.05) is 12.3 Å². The Morgan fingerprint density at radius 3 is 2.79 bits per heavy atom. The lowest BCUT2D eigenvalue weighted by Gasteiger charge is -2.23. The molecule has 0 saturated carbocycles. The van der Waals surface area contributed by atoms with Gasteiger partial charge in [0.05, 0.1) is 6.10 Å². The van der Waals surface area contributed by atoms with E-state index >= 15 is 0 Å². The third-order valence-corrected chi connectivity index (χ3v) is 4.41. The van der Waals surface area contributed by atoms with Crippen LogP contribution in [0.4, 0.5) is 5.69 Å². The molecule has 3 heteroatoms. The van der Waals surface area contributed by atoms with E-state index in [1.165, 1.54) is 11.1 Å². The van der Waals surface area contributed by atoms with Gasteiger partial charge >= 0.3 is 0 Å². The molecule has 0 aliphatic heterocycles. The molecule has 0 amide bonds. The number of rotatable bonds is 6. The molecule has 2 atom stereocenters. The van der Waals surface area contributed by atoms with Crippen molar-refractivity contribution in [2.24, 2.45) is 5.92 Å². The normalized spacial score (nSPS) is 19.7. The third-order valence-electron chi connectivity index (χ3n) is 4.41. The lowest BCUT2D eigenvalue weighted by atomic mass is 9.96. The molecule has 0 bridgehead atoms. The second kappa shape index (κ2) is 6.40. The van der Waals surface area contributed by atoms with Gasteiger partial charge in [0.15, 0.2) is 0 Å². The average Bonchev–Trinajstić information content (AvgIpc) is 2.80. The standard InChI is InChI=1S/C16H26N2O/c1-3-11(4-2)16(19)10-18-15-8-5-12-9-13(17)6-7-14(12)15/h6-7,9,11,15-16,18-19H,3-5,8,10,17H2,1-2H3. The van der Waals surface area contributed by atoms with Crippen LogP contribution in [-0.2, 0) is 6.42 Å². The molecule has 0 radical (unpaired) electrons. The van der Waals surface area contributed by atoms with E-state index in [-0.39, 0.29) is 6.10 Å². The van der Waals surface area contributed by atoms with Crippen LogP contribution < -0.4 is 11.1 Å². The molecule has 1 aromatic carbocycles. The van der Waals surface area contributed by atoms with Gasteiger partial charge in [0.25, 0.3) is 0 Å². The van der Waals surface area contributed by atoms with Crippen molar-refractivity contribution < 1.29 is 5.11 Å². The Hall–Kier alpha value is -1.06. The molecule has 0 fully saturated rings. The summed E-state index contributed by atoms with van der Waals surface area (Å²) < 4.78 is 0. The van der Waals surface area contributed by atoms with Gasteiger partial charge in [-0.2, -0.15) is 0 Å². The van der Waals surface area contributed by atoms with Crippen LogP contribution in [0, 0.1) is 5.92 Å². The second-order valence-corrected chi connectivity index (χ2v) is 5.60. The summed E-state index contributed by atoms with van der Waals surface area (Å²) in [5.41, 5.74) is 9.37. The zero-order chi connectivity index (χ0) is 13.8. The molecule has 1 aromatic rings. The summed E-state index contributed by atoms with van der Waals surface area (Å²) in [5.74, 6) is 0.403. The molecule has 4 N–H and O–H groups in total. The molecule has 1 aliphatic carbocycles. The number of aliphatic hydroxyl groups excluding tert-OH is 1. The molecule has 0 heterocycles. The van der Waals surface area contributed by atoms with E-state index in [0.717, 1.165) is 31.4 Å². The SMILES string of the molecule is CCC(CC)C(O)CNC1CCc2cc(N)ccc21. The molecule has 0 spiro atoms. The second-order valence-electron chi connectivity index (χ2n) is 5.60. The Balaban J connectivity index is 1.92. The zero-order valence-corrected chi connectivity index (χ0v) is 12.0. The van der Waals surface area contributed by atoms with E-state index in [2.05, 4.69) is 31.3 Å². The fourth-order valence-corrected chi connectivity index (χ4v) is 3.11. The number of hydrogen-bond acceptors (Lipinski definition) is 3. The maximum atomic E-state index is 10.2. The molecule has 2 rings (SSSR count). The summed E-state index contributed by atoms with van der Waals surface area (Å²) in [6.45, 7) is 4.97. The maximum absolute atomic E-state index is 10.2. The summed E-state index contributed by atoms with van der Waals surface area (Å²) in [7, 11) is 0. The number of nitrogen functional groups attached to an aromatic ring is 1. The number of nitrogens with two attached hydrogens (primary N) is 1. The largest absolute Gasteiger partial charge is 0.399 e. The van der Waals surface area contributed by atoms with Crippen LogP contribution >= 0.6 is 0 Å². The predicted octanol–water partition coefficient (Wildman–Crippen LogP) is 2.64. The van der Waals surface area contributed by atoms with Crippen molar-refractivity contribution in [3.05, 3.63) is 29.3 Å². The van der Waals surface area contributed by atoms with Crippen molar-refractivity contribution in [3.8, 4) is 0 Å². The zero-order valence-electron chi connectivity index (χ0n) is 12.0. The van der Waals surface area contributed by atoms with Crippen LogP contribution in [0.2, 0.25) is 0 Å². The minimum atomic E-state index is -0.243. The Bertz CT molecular complexity index is 415. The van der Waals surface area contributed by atoms with E-state index < -0.39 is 0 Å². The highest BCUT2D eigenvalue weighted by Crippen LogP contribution is 2.32. The fraction of sp³-hybridized carbons (Fsp3) is 0.625. The Kier molecular flexibility index (Phi) is 4.83. The highest BCUT2D eigenvalue weighted by molar-refractivity contribution is 5.47. The first kappa shape index (κ1) is 14.4. The van der Waals surface area contributed by atoms with E-state index in [9.17, 15) is 5.11 Å². The monoisotopic (exact) mass is 262 g/mol. The number of benzene rings is 1. The first-order chi connectivity index (χ1) is 9.15. The molecule has 106 valence electrons. The number of anilines is 1. The first-order valence-corrected chi connectivity index (χ1v) is 7.45. The number of aliphatic hydroxyl groups is 1. The van der Waals surface area contributed by atoms with Crippen LogP contribution in [0.5, 0.6) is 0 Å².